The van der Waals surface area contributed by atoms with Crippen LogP contribution in [0.4, 0.5) is 5.69 Å². The van der Waals surface area contributed by atoms with Crippen LogP contribution < -0.4 is 10.6 Å². The molecule has 0 spiro atoms. The molecule has 2 unspecified atom stereocenters. The summed E-state index contributed by atoms with van der Waals surface area (Å²) in [7, 11) is 1.91. The van der Waals surface area contributed by atoms with Crippen LogP contribution in [0.3, 0.4) is 0 Å². The molecule has 6 nitrogen and oxygen atoms in total. The molecule has 6 heteroatoms. The monoisotopic (exact) mass is 325 g/mol. The van der Waals surface area contributed by atoms with Crippen LogP contribution in [0.25, 0.3) is 11.4 Å². The number of carbonyl (C=O) groups is 1. The Labute approximate surface area is 141 Å². The van der Waals surface area contributed by atoms with Gasteiger partial charge in [0.15, 0.2) is 5.82 Å². The lowest BCUT2D eigenvalue weighted by Gasteiger charge is -2.28. The Morgan fingerprint density at radius 2 is 2.12 bits per heavy atom. The van der Waals surface area contributed by atoms with Crippen LogP contribution >= 0.6 is 0 Å². The van der Waals surface area contributed by atoms with Gasteiger partial charge in [-0.3, -0.25) is 4.79 Å². The molecule has 4 rings (SSSR count). The first-order valence-corrected chi connectivity index (χ1v) is 8.67. The highest BCUT2D eigenvalue weighted by Gasteiger charge is 2.34. The minimum absolute atomic E-state index is 0.108. The third-order valence-electron chi connectivity index (χ3n) is 5.16. The first-order chi connectivity index (χ1) is 11.7. The number of aryl methyl sites for hydroxylation is 1. The SMILES string of the molecule is Cn1cnnc1-c1cccc(NC(=O)CC2CC3CCC(C2)N3)c1. The number of fused-ring (bicyclic) bond motifs is 2. The molecule has 2 atom stereocenters. The quantitative estimate of drug-likeness (QED) is 0.905. The molecular weight excluding hydrogens is 302 g/mol. The Morgan fingerprint density at radius 1 is 1.33 bits per heavy atom. The Balaban J connectivity index is 1.40. The number of carbonyl (C=O) groups excluding carboxylic acids is 1. The van der Waals surface area contributed by atoms with Crippen molar-refractivity contribution in [2.24, 2.45) is 13.0 Å². The fraction of sp³-hybridized carbons (Fsp3) is 0.500. The molecule has 1 aromatic carbocycles. The summed E-state index contributed by atoms with van der Waals surface area (Å²) in [6.07, 6.45) is 7.08. The molecule has 1 aromatic heterocycles. The van der Waals surface area contributed by atoms with Crippen molar-refractivity contribution in [1.82, 2.24) is 20.1 Å². The van der Waals surface area contributed by atoms with E-state index in [1.165, 1.54) is 12.8 Å². The summed E-state index contributed by atoms with van der Waals surface area (Å²) in [5.74, 6) is 1.41. The summed E-state index contributed by atoms with van der Waals surface area (Å²) >= 11 is 0. The molecule has 2 aliphatic heterocycles. The van der Waals surface area contributed by atoms with Crippen molar-refractivity contribution >= 4 is 11.6 Å². The standard InChI is InChI=1S/C18H23N5O/c1-23-11-19-22-18(23)13-3-2-4-14(10-13)21-17(24)9-12-7-15-5-6-16(8-12)20-15/h2-4,10-12,15-16,20H,5-9H2,1H3,(H,21,24). The number of hydrogen-bond donors (Lipinski definition) is 2. The maximum atomic E-state index is 12.4. The number of anilines is 1. The normalized spacial score (nSPS) is 25.6. The van der Waals surface area contributed by atoms with Gasteiger partial charge in [0.05, 0.1) is 0 Å². The van der Waals surface area contributed by atoms with Gasteiger partial charge in [-0.05, 0) is 43.7 Å². The van der Waals surface area contributed by atoms with Gasteiger partial charge in [0.1, 0.15) is 6.33 Å². The van der Waals surface area contributed by atoms with Crippen LogP contribution in [0.1, 0.15) is 32.1 Å². The van der Waals surface area contributed by atoms with Crippen molar-refractivity contribution in [2.75, 3.05) is 5.32 Å². The van der Waals surface area contributed by atoms with Gasteiger partial charge >= 0.3 is 0 Å². The van der Waals surface area contributed by atoms with Crippen LogP contribution in [-0.4, -0.2) is 32.8 Å². The van der Waals surface area contributed by atoms with E-state index in [0.717, 1.165) is 29.9 Å². The number of piperidine rings is 1. The minimum Gasteiger partial charge on any atom is -0.326 e. The van der Waals surface area contributed by atoms with Gasteiger partial charge in [0, 0.05) is 36.8 Å². The molecule has 3 heterocycles. The smallest absolute Gasteiger partial charge is 0.224 e. The van der Waals surface area contributed by atoms with Crippen LogP contribution in [-0.2, 0) is 11.8 Å². The molecule has 2 saturated heterocycles. The third kappa shape index (κ3) is 3.19. The molecule has 2 N–H and O–H groups in total. The number of nitrogens with zero attached hydrogens (tertiary/aromatic N) is 3. The van der Waals surface area contributed by atoms with Gasteiger partial charge in [-0.25, -0.2) is 0 Å². The van der Waals surface area contributed by atoms with E-state index in [0.29, 0.717) is 24.4 Å². The number of hydrogen-bond acceptors (Lipinski definition) is 4. The van der Waals surface area contributed by atoms with Gasteiger partial charge < -0.3 is 15.2 Å². The van der Waals surface area contributed by atoms with Gasteiger partial charge in [0.25, 0.3) is 0 Å². The van der Waals surface area contributed by atoms with E-state index in [1.807, 2.05) is 35.9 Å². The Bertz CT molecular complexity index is 729. The molecule has 24 heavy (non-hydrogen) atoms. The van der Waals surface area contributed by atoms with E-state index in [-0.39, 0.29) is 5.91 Å². The lowest BCUT2D eigenvalue weighted by molar-refractivity contribution is -0.117. The second-order valence-electron chi connectivity index (χ2n) is 7.07. The van der Waals surface area contributed by atoms with Crippen molar-refractivity contribution in [3.05, 3.63) is 30.6 Å². The largest absolute Gasteiger partial charge is 0.326 e. The average molecular weight is 325 g/mol. The van der Waals surface area contributed by atoms with E-state index in [4.69, 9.17) is 0 Å². The number of rotatable bonds is 4. The van der Waals surface area contributed by atoms with Gasteiger partial charge in [-0.15, -0.1) is 10.2 Å². The van der Waals surface area contributed by atoms with Gasteiger partial charge in [-0.2, -0.15) is 0 Å². The van der Waals surface area contributed by atoms with Gasteiger partial charge in [0.2, 0.25) is 5.91 Å². The van der Waals surface area contributed by atoms with E-state index >= 15 is 0 Å². The topological polar surface area (TPSA) is 71.8 Å². The zero-order valence-electron chi connectivity index (χ0n) is 13.9. The number of aromatic nitrogens is 3. The zero-order valence-corrected chi connectivity index (χ0v) is 13.9. The van der Waals surface area contributed by atoms with Crippen LogP contribution in [0.5, 0.6) is 0 Å². The second-order valence-corrected chi connectivity index (χ2v) is 7.07. The van der Waals surface area contributed by atoms with Gasteiger partial charge in [-0.1, -0.05) is 12.1 Å². The zero-order chi connectivity index (χ0) is 16.5. The Morgan fingerprint density at radius 3 is 2.83 bits per heavy atom. The van der Waals surface area contributed by atoms with Crippen molar-refractivity contribution in [3.8, 4) is 11.4 Å². The summed E-state index contributed by atoms with van der Waals surface area (Å²) < 4.78 is 1.87. The molecule has 2 aromatic rings. The lowest BCUT2D eigenvalue weighted by atomic mass is 9.89. The molecule has 0 aliphatic carbocycles. The van der Waals surface area contributed by atoms with Crippen molar-refractivity contribution in [3.63, 3.8) is 0 Å². The maximum absolute atomic E-state index is 12.4. The predicted molar refractivity (Wildman–Crippen MR) is 92.4 cm³/mol. The number of benzene rings is 1. The molecule has 126 valence electrons. The molecule has 1 amide bonds. The summed E-state index contributed by atoms with van der Waals surface area (Å²) in [6, 6.07) is 9.04. The van der Waals surface area contributed by atoms with Crippen molar-refractivity contribution in [1.29, 1.82) is 0 Å². The van der Waals surface area contributed by atoms with Crippen molar-refractivity contribution in [2.45, 2.75) is 44.2 Å². The first-order valence-electron chi connectivity index (χ1n) is 8.67. The predicted octanol–water partition coefficient (Wildman–Crippen LogP) is 2.34. The molecule has 0 radical (unpaired) electrons. The van der Waals surface area contributed by atoms with E-state index in [9.17, 15) is 4.79 Å². The van der Waals surface area contributed by atoms with Crippen LogP contribution in [0.15, 0.2) is 30.6 Å². The molecule has 2 fully saturated rings. The van der Waals surface area contributed by atoms with Crippen LogP contribution in [0.2, 0.25) is 0 Å². The maximum Gasteiger partial charge on any atom is 0.224 e. The van der Waals surface area contributed by atoms with E-state index in [2.05, 4.69) is 20.8 Å². The summed E-state index contributed by atoms with van der Waals surface area (Å²) in [5, 5.41) is 14.7. The number of nitrogens with one attached hydrogen (secondary N) is 2. The lowest BCUT2D eigenvalue weighted by Crippen LogP contribution is -2.39. The second kappa shape index (κ2) is 6.36. The molecular formula is C18H23N5O. The first kappa shape index (κ1) is 15.3. The highest BCUT2D eigenvalue weighted by atomic mass is 16.1. The molecule has 2 bridgehead atoms. The summed E-state index contributed by atoms with van der Waals surface area (Å²) in [4.78, 5) is 12.4. The molecule has 0 saturated carbocycles. The minimum atomic E-state index is 0.108. The fourth-order valence-corrected chi connectivity index (χ4v) is 4.10. The highest BCUT2D eigenvalue weighted by molar-refractivity contribution is 5.91. The van der Waals surface area contributed by atoms with E-state index in [1.54, 1.807) is 6.33 Å². The Hall–Kier alpha value is -2.21. The fourth-order valence-electron chi connectivity index (χ4n) is 4.10. The molecule has 2 aliphatic rings. The summed E-state index contributed by atoms with van der Waals surface area (Å²) in [5.41, 5.74) is 1.77. The highest BCUT2D eigenvalue weighted by Crippen LogP contribution is 2.32. The Kier molecular flexibility index (Phi) is 4.06. The van der Waals surface area contributed by atoms with Crippen molar-refractivity contribution < 1.29 is 4.79 Å². The number of amides is 1. The van der Waals surface area contributed by atoms with Crippen LogP contribution in [0, 0.1) is 5.92 Å². The average Bonchev–Trinajstić information content (AvgIpc) is 3.13. The van der Waals surface area contributed by atoms with E-state index < -0.39 is 0 Å². The third-order valence-corrected chi connectivity index (χ3v) is 5.16. The summed E-state index contributed by atoms with van der Waals surface area (Å²) in [6.45, 7) is 0.